The fraction of sp³-hybridized carbons (Fsp3) is 0.143. The van der Waals surface area contributed by atoms with E-state index in [-0.39, 0.29) is 6.61 Å². The van der Waals surface area contributed by atoms with Crippen molar-refractivity contribution in [3.63, 3.8) is 0 Å². The van der Waals surface area contributed by atoms with Crippen LogP contribution in [-0.2, 0) is 6.61 Å². The molecule has 2 rings (SSSR count). The van der Waals surface area contributed by atoms with Crippen LogP contribution in [0.2, 0.25) is 0 Å². The van der Waals surface area contributed by atoms with Crippen LogP contribution in [0.5, 0.6) is 5.75 Å². The average Bonchev–Trinajstić information content (AvgIpc) is 2.39. The van der Waals surface area contributed by atoms with E-state index in [0.717, 1.165) is 22.4 Å². The molecule has 0 bridgehead atoms. The second-order valence-electron chi connectivity index (χ2n) is 3.55. The lowest BCUT2D eigenvalue weighted by Gasteiger charge is -2.09. The normalized spacial score (nSPS) is 10.1. The van der Waals surface area contributed by atoms with Crippen LogP contribution in [0, 0.1) is 0 Å². The van der Waals surface area contributed by atoms with E-state index in [4.69, 9.17) is 4.74 Å². The number of aliphatic hydroxyl groups is 1. The van der Waals surface area contributed by atoms with Crippen LogP contribution in [0.1, 0.15) is 5.56 Å². The lowest BCUT2D eigenvalue weighted by molar-refractivity contribution is 0.282. The zero-order valence-corrected chi connectivity index (χ0v) is 9.18. The van der Waals surface area contributed by atoms with Gasteiger partial charge in [-0.25, -0.2) is 0 Å². The SMILES string of the molecule is COc1ccc(CO)c(-c2ccccc2)c1. The van der Waals surface area contributed by atoms with Gasteiger partial charge in [-0.05, 0) is 28.8 Å². The Hall–Kier alpha value is -1.80. The van der Waals surface area contributed by atoms with Crippen molar-refractivity contribution in [1.82, 2.24) is 0 Å². The Morgan fingerprint density at radius 2 is 1.81 bits per heavy atom. The minimum Gasteiger partial charge on any atom is -0.497 e. The number of benzene rings is 2. The quantitative estimate of drug-likeness (QED) is 0.851. The first-order valence-corrected chi connectivity index (χ1v) is 5.18. The van der Waals surface area contributed by atoms with E-state index in [2.05, 4.69) is 0 Å². The van der Waals surface area contributed by atoms with Crippen molar-refractivity contribution >= 4 is 0 Å². The van der Waals surface area contributed by atoms with Gasteiger partial charge < -0.3 is 9.84 Å². The third kappa shape index (κ3) is 2.07. The Labute approximate surface area is 95.1 Å². The van der Waals surface area contributed by atoms with Crippen LogP contribution in [0.3, 0.4) is 0 Å². The topological polar surface area (TPSA) is 29.5 Å². The van der Waals surface area contributed by atoms with Crippen molar-refractivity contribution in [1.29, 1.82) is 0 Å². The van der Waals surface area contributed by atoms with Gasteiger partial charge in [0.15, 0.2) is 0 Å². The molecule has 2 nitrogen and oxygen atoms in total. The van der Waals surface area contributed by atoms with Gasteiger partial charge in [0.05, 0.1) is 13.7 Å². The molecule has 0 aliphatic heterocycles. The van der Waals surface area contributed by atoms with Crippen LogP contribution < -0.4 is 4.74 Å². The second kappa shape index (κ2) is 4.81. The smallest absolute Gasteiger partial charge is 0.119 e. The van der Waals surface area contributed by atoms with E-state index in [1.807, 2.05) is 48.5 Å². The summed E-state index contributed by atoms with van der Waals surface area (Å²) in [5.41, 5.74) is 3.01. The molecule has 0 heterocycles. The Morgan fingerprint density at radius 1 is 1.06 bits per heavy atom. The monoisotopic (exact) mass is 214 g/mol. The highest BCUT2D eigenvalue weighted by molar-refractivity contribution is 5.68. The Kier molecular flexibility index (Phi) is 3.22. The fourth-order valence-corrected chi connectivity index (χ4v) is 1.71. The molecule has 0 unspecified atom stereocenters. The van der Waals surface area contributed by atoms with Gasteiger partial charge >= 0.3 is 0 Å². The summed E-state index contributed by atoms with van der Waals surface area (Å²) in [4.78, 5) is 0. The van der Waals surface area contributed by atoms with Gasteiger partial charge in [-0.3, -0.25) is 0 Å². The largest absolute Gasteiger partial charge is 0.497 e. The van der Waals surface area contributed by atoms with Crippen molar-refractivity contribution in [3.05, 3.63) is 54.1 Å². The maximum atomic E-state index is 9.30. The molecule has 82 valence electrons. The van der Waals surface area contributed by atoms with Crippen LogP contribution in [0.25, 0.3) is 11.1 Å². The number of aliphatic hydroxyl groups excluding tert-OH is 1. The molecule has 2 aromatic carbocycles. The summed E-state index contributed by atoms with van der Waals surface area (Å²) in [6.45, 7) is 0.0359. The molecule has 0 radical (unpaired) electrons. The highest BCUT2D eigenvalue weighted by Gasteiger charge is 2.05. The summed E-state index contributed by atoms with van der Waals surface area (Å²) < 4.78 is 5.19. The van der Waals surface area contributed by atoms with E-state index in [1.165, 1.54) is 0 Å². The first-order chi connectivity index (χ1) is 7.85. The summed E-state index contributed by atoms with van der Waals surface area (Å²) >= 11 is 0. The van der Waals surface area contributed by atoms with Crippen LogP contribution in [0.15, 0.2) is 48.5 Å². The van der Waals surface area contributed by atoms with Gasteiger partial charge in [-0.15, -0.1) is 0 Å². The number of rotatable bonds is 3. The number of ether oxygens (including phenoxy) is 1. The van der Waals surface area contributed by atoms with Crippen molar-refractivity contribution in [2.75, 3.05) is 7.11 Å². The summed E-state index contributed by atoms with van der Waals surface area (Å²) in [5.74, 6) is 0.802. The zero-order valence-electron chi connectivity index (χ0n) is 9.18. The third-order valence-corrected chi connectivity index (χ3v) is 2.57. The van der Waals surface area contributed by atoms with Gasteiger partial charge in [-0.2, -0.15) is 0 Å². The van der Waals surface area contributed by atoms with Gasteiger partial charge in [0.25, 0.3) is 0 Å². The van der Waals surface area contributed by atoms with E-state index in [1.54, 1.807) is 7.11 Å². The molecule has 0 aliphatic rings. The number of methoxy groups -OCH3 is 1. The molecule has 16 heavy (non-hydrogen) atoms. The number of hydrogen-bond acceptors (Lipinski definition) is 2. The van der Waals surface area contributed by atoms with Gasteiger partial charge in [0.2, 0.25) is 0 Å². The molecule has 0 saturated carbocycles. The Balaban J connectivity index is 2.53. The van der Waals surface area contributed by atoms with E-state index in [0.29, 0.717) is 0 Å². The number of hydrogen-bond donors (Lipinski definition) is 1. The van der Waals surface area contributed by atoms with Crippen LogP contribution in [-0.4, -0.2) is 12.2 Å². The summed E-state index contributed by atoms with van der Waals surface area (Å²) in [5, 5.41) is 9.30. The van der Waals surface area contributed by atoms with Crippen molar-refractivity contribution in [2.24, 2.45) is 0 Å². The van der Waals surface area contributed by atoms with Gasteiger partial charge in [0, 0.05) is 0 Å². The van der Waals surface area contributed by atoms with Crippen LogP contribution in [0.4, 0.5) is 0 Å². The molecule has 0 aliphatic carbocycles. The maximum Gasteiger partial charge on any atom is 0.119 e. The standard InChI is InChI=1S/C14H14O2/c1-16-13-8-7-12(10-15)14(9-13)11-5-3-2-4-6-11/h2-9,15H,10H2,1H3. The summed E-state index contributed by atoms with van der Waals surface area (Å²) in [6.07, 6.45) is 0. The van der Waals surface area contributed by atoms with Crippen molar-refractivity contribution < 1.29 is 9.84 Å². The molecule has 0 atom stereocenters. The molecule has 2 aromatic rings. The maximum absolute atomic E-state index is 9.30. The van der Waals surface area contributed by atoms with E-state index in [9.17, 15) is 5.11 Å². The Morgan fingerprint density at radius 3 is 2.44 bits per heavy atom. The van der Waals surface area contributed by atoms with Gasteiger partial charge in [-0.1, -0.05) is 36.4 Å². The molecule has 0 aromatic heterocycles. The Bertz CT molecular complexity index is 463. The van der Waals surface area contributed by atoms with Crippen molar-refractivity contribution in [2.45, 2.75) is 6.61 Å². The lowest BCUT2D eigenvalue weighted by atomic mass is 10.00. The molecule has 0 amide bonds. The van der Waals surface area contributed by atoms with Gasteiger partial charge in [0.1, 0.15) is 5.75 Å². The lowest BCUT2D eigenvalue weighted by Crippen LogP contribution is -1.91. The molecule has 0 fully saturated rings. The van der Waals surface area contributed by atoms with E-state index < -0.39 is 0 Å². The summed E-state index contributed by atoms with van der Waals surface area (Å²) in [7, 11) is 1.64. The molecule has 0 saturated heterocycles. The van der Waals surface area contributed by atoms with E-state index >= 15 is 0 Å². The third-order valence-electron chi connectivity index (χ3n) is 2.57. The fourth-order valence-electron chi connectivity index (χ4n) is 1.71. The molecule has 1 N–H and O–H groups in total. The minimum atomic E-state index is 0.0359. The second-order valence-corrected chi connectivity index (χ2v) is 3.55. The molecule has 2 heteroatoms. The predicted octanol–water partition coefficient (Wildman–Crippen LogP) is 2.85. The minimum absolute atomic E-state index is 0.0359. The highest BCUT2D eigenvalue weighted by atomic mass is 16.5. The average molecular weight is 214 g/mol. The first-order valence-electron chi connectivity index (χ1n) is 5.18. The summed E-state index contributed by atoms with van der Waals surface area (Å²) in [6, 6.07) is 15.7. The highest BCUT2D eigenvalue weighted by Crippen LogP contribution is 2.27. The first kappa shape index (κ1) is 10.7. The molecule has 0 spiro atoms. The van der Waals surface area contributed by atoms with Crippen molar-refractivity contribution in [3.8, 4) is 16.9 Å². The van der Waals surface area contributed by atoms with Crippen LogP contribution >= 0.6 is 0 Å². The predicted molar refractivity (Wildman–Crippen MR) is 64.4 cm³/mol. The molecular weight excluding hydrogens is 200 g/mol. The molecular formula is C14H14O2. The zero-order chi connectivity index (χ0) is 11.4.